The van der Waals surface area contributed by atoms with E-state index in [4.69, 9.17) is 9.47 Å². The first-order valence-corrected chi connectivity index (χ1v) is 10.6. The van der Waals surface area contributed by atoms with Crippen molar-refractivity contribution in [3.63, 3.8) is 0 Å². The van der Waals surface area contributed by atoms with Crippen LogP contribution in [-0.4, -0.2) is 95.5 Å². The van der Waals surface area contributed by atoms with E-state index in [0.29, 0.717) is 62.5 Å². The number of carbonyl (C=O) groups is 2. The molecule has 4 heterocycles. The smallest absolute Gasteiger partial charge is 0.407 e. The lowest BCUT2D eigenvalue weighted by Crippen LogP contribution is -2.56. The van der Waals surface area contributed by atoms with Gasteiger partial charge in [0.25, 0.3) is 5.91 Å². The van der Waals surface area contributed by atoms with Gasteiger partial charge < -0.3 is 29.3 Å². The molecule has 0 bridgehead atoms. The number of ether oxygens (including phenoxy) is 2. The third-order valence-corrected chi connectivity index (χ3v) is 5.96. The standard InChI is InChI=1S/C19H23N5O5S/c25-17(22-6-8-28-9-7-22)16-13-30-18(21-16)24-5-4-23(19(26)27)11-14(24)12-29-15-2-1-3-20-10-15/h1-3,10,13-14H,4-9,11-12H2,(H,26,27). The van der Waals surface area contributed by atoms with Gasteiger partial charge in [0, 0.05) is 44.3 Å². The van der Waals surface area contributed by atoms with Crippen molar-refractivity contribution < 1.29 is 24.2 Å². The highest BCUT2D eigenvalue weighted by Gasteiger charge is 2.32. The van der Waals surface area contributed by atoms with Crippen molar-refractivity contribution in [2.45, 2.75) is 6.04 Å². The quantitative estimate of drug-likeness (QED) is 0.751. The van der Waals surface area contributed by atoms with Crippen LogP contribution < -0.4 is 9.64 Å². The number of nitrogens with zero attached hydrogens (tertiary/aromatic N) is 5. The van der Waals surface area contributed by atoms with Gasteiger partial charge in [-0.15, -0.1) is 11.3 Å². The molecule has 2 aromatic heterocycles. The first-order chi connectivity index (χ1) is 14.6. The van der Waals surface area contributed by atoms with E-state index in [0.717, 1.165) is 0 Å². The number of carbonyl (C=O) groups excluding carboxylic acids is 1. The largest absolute Gasteiger partial charge is 0.490 e. The molecule has 1 N–H and O–H groups in total. The summed E-state index contributed by atoms with van der Waals surface area (Å²) in [6.45, 7) is 3.61. The van der Waals surface area contributed by atoms with Crippen LogP contribution in [0.25, 0.3) is 0 Å². The molecule has 10 nitrogen and oxygen atoms in total. The van der Waals surface area contributed by atoms with E-state index in [9.17, 15) is 14.7 Å². The summed E-state index contributed by atoms with van der Waals surface area (Å²) in [6, 6.07) is 3.35. The third-order valence-electron chi connectivity index (χ3n) is 5.09. The number of anilines is 1. The molecular formula is C19H23N5O5S. The fourth-order valence-electron chi connectivity index (χ4n) is 3.47. The van der Waals surface area contributed by atoms with Gasteiger partial charge in [0.05, 0.1) is 25.5 Å². The lowest BCUT2D eigenvalue weighted by Gasteiger charge is -2.40. The first kappa shape index (κ1) is 20.4. The van der Waals surface area contributed by atoms with Crippen LogP contribution in [0, 0.1) is 0 Å². The summed E-state index contributed by atoms with van der Waals surface area (Å²) in [7, 11) is 0. The van der Waals surface area contributed by atoms with Crippen LogP contribution in [0.2, 0.25) is 0 Å². The fourth-order valence-corrected chi connectivity index (χ4v) is 4.37. The minimum Gasteiger partial charge on any atom is -0.490 e. The second-order valence-corrected chi connectivity index (χ2v) is 7.83. The lowest BCUT2D eigenvalue weighted by atomic mass is 10.2. The molecule has 1 atom stereocenters. The van der Waals surface area contributed by atoms with Crippen LogP contribution in [0.15, 0.2) is 29.9 Å². The summed E-state index contributed by atoms with van der Waals surface area (Å²) in [4.78, 5) is 37.9. The molecule has 160 valence electrons. The SMILES string of the molecule is O=C(O)N1CCN(c2nc(C(=O)N3CCOCC3)cs2)C(COc2cccnc2)C1. The molecular weight excluding hydrogens is 410 g/mol. The minimum absolute atomic E-state index is 0.104. The second kappa shape index (κ2) is 9.26. The van der Waals surface area contributed by atoms with Crippen LogP contribution in [0.5, 0.6) is 5.75 Å². The highest BCUT2D eigenvalue weighted by molar-refractivity contribution is 7.14. The highest BCUT2D eigenvalue weighted by atomic mass is 32.1. The topological polar surface area (TPSA) is 108 Å². The Morgan fingerprint density at radius 2 is 2.07 bits per heavy atom. The Bertz CT molecular complexity index is 873. The molecule has 0 radical (unpaired) electrons. The predicted octanol–water partition coefficient (Wildman–Crippen LogP) is 1.26. The number of piperazine rings is 1. The summed E-state index contributed by atoms with van der Waals surface area (Å²) >= 11 is 1.39. The number of pyridine rings is 1. The van der Waals surface area contributed by atoms with E-state index in [-0.39, 0.29) is 18.6 Å². The van der Waals surface area contributed by atoms with Gasteiger partial charge in [-0.2, -0.15) is 0 Å². The Morgan fingerprint density at radius 1 is 1.23 bits per heavy atom. The average molecular weight is 433 g/mol. The molecule has 30 heavy (non-hydrogen) atoms. The maximum absolute atomic E-state index is 12.7. The summed E-state index contributed by atoms with van der Waals surface area (Å²) in [5.74, 6) is 0.514. The van der Waals surface area contributed by atoms with E-state index in [1.54, 1.807) is 34.8 Å². The molecule has 2 aliphatic heterocycles. The number of carboxylic acid groups (broad SMARTS) is 1. The average Bonchev–Trinajstić information content (AvgIpc) is 3.28. The van der Waals surface area contributed by atoms with E-state index >= 15 is 0 Å². The molecule has 0 aromatic carbocycles. The fraction of sp³-hybridized carbons (Fsp3) is 0.474. The number of aromatic nitrogens is 2. The molecule has 4 rings (SSSR count). The van der Waals surface area contributed by atoms with Crippen LogP contribution in [-0.2, 0) is 4.74 Å². The number of thiazole rings is 1. The molecule has 2 aliphatic rings. The zero-order valence-corrected chi connectivity index (χ0v) is 17.2. The van der Waals surface area contributed by atoms with Gasteiger partial charge in [-0.25, -0.2) is 9.78 Å². The second-order valence-electron chi connectivity index (χ2n) is 7.00. The van der Waals surface area contributed by atoms with Gasteiger partial charge in [-0.1, -0.05) is 0 Å². The number of amides is 2. The van der Waals surface area contributed by atoms with Crippen molar-refractivity contribution in [1.29, 1.82) is 0 Å². The normalized spacial score (nSPS) is 19.6. The summed E-state index contributed by atoms with van der Waals surface area (Å²) < 4.78 is 11.1. The Balaban J connectivity index is 1.48. The van der Waals surface area contributed by atoms with Gasteiger partial charge in [-0.05, 0) is 12.1 Å². The molecule has 0 aliphatic carbocycles. The number of hydrogen-bond donors (Lipinski definition) is 1. The number of hydrogen-bond acceptors (Lipinski definition) is 8. The van der Waals surface area contributed by atoms with Crippen molar-refractivity contribution in [2.24, 2.45) is 0 Å². The monoisotopic (exact) mass is 433 g/mol. The zero-order valence-electron chi connectivity index (χ0n) is 16.3. The number of rotatable bonds is 5. The van der Waals surface area contributed by atoms with Crippen molar-refractivity contribution in [1.82, 2.24) is 19.8 Å². The first-order valence-electron chi connectivity index (χ1n) is 9.71. The molecule has 0 saturated carbocycles. The Morgan fingerprint density at radius 3 is 2.80 bits per heavy atom. The summed E-state index contributed by atoms with van der Waals surface area (Å²) in [5.41, 5.74) is 0.407. The molecule has 2 aromatic rings. The van der Waals surface area contributed by atoms with Gasteiger partial charge in [0.1, 0.15) is 18.1 Å². The van der Waals surface area contributed by atoms with Gasteiger partial charge >= 0.3 is 6.09 Å². The van der Waals surface area contributed by atoms with E-state index in [2.05, 4.69) is 9.97 Å². The molecule has 11 heteroatoms. The van der Waals surface area contributed by atoms with Crippen LogP contribution in [0.3, 0.4) is 0 Å². The van der Waals surface area contributed by atoms with Crippen LogP contribution in [0.4, 0.5) is 9.93 Å². The lowest BCUT2D eigenvalue weighted by molar-refractivity contribution is 0.0299. The van der Waals surface area contributed by atoms with Crippen molar-refractivity contribution in [2.75, 3.05) is 57.4 Å². The Kier molecular flexibility index (Phi) is 6.29. The molecule has 2 amide bonds. The van der Waals surface area contributed by atoms with Gasteiger partial charge in [0.2, 0.25) is 0 Å². The minimum atomic E-state index is -0.955. The molecule has 0 spiro atoms. The highest BCUT2D eigenvalue weighted by Crippen LogP contribution is 2.26. The van der Waals surface area contributed by atoms with Crippen molar-refractivity contribution in [3.05, 3.63) is 35.6 Å². The van der Waals surface area contributed by atoms with Gasteiger partial charge in [-0.3, -0.25) is 9.78 Å². The van der Waals surface area contributed by atoms with E-state index < -0.39 is 6.09 Å². The molecule has 2 fully saturated rings. The molecule has 2 saturated heterocycles. The van der Waals surface area contributed by atoms with E-state index in [1.807, 2.05) is 4.90 Å². The summed E-state index contributed by atoms with van der Waals surface area (Å²) in [6.07, 6.45) is 2.32. The Labute approximate surface area is 177 Å². The Hall–Kier alpha value is -2.92. The maximum atomic E-state index is 12.7. The van der Waals surface area contributed by atoms with Gasteiger partial charge in [0.15, 0.2) is 5.13 Å². The molecule has 1 unspecified atom stereocenters. The maximum Gasteiger partial charge on any atom is 0.407 e. The van der Waals surface area contributed by atoms with E-state index in [1.165, 1.54) is 16.2 Å². The predicted molar refractivity (Wildman–Crippen MR) is 109 cm³/mol. The van der Waals surface area contributed by atoms with Crippen molar-refractivity contribution >= 4 is 28.5 Å². The zero-order chi connectivity index (χ0) is 20.9. The van der Waals surface area contributed by atoms with Crippen molar-refractivity contribution in [3.8, 4) is 5.75 Å². The summed E-state index contributed by atoms with van der Waals surface area (Å²) in [5, 5.41) is 11.9. The third kappa shape index (κ3) is 4.62. The van der Waals surface area contributed by atoms with Crippen LogP contribution >= 0.6 is 11.3 Å². The van der Waals surface area contributed by atoms with Crippen LogP contribution in [0.1, 0.15) is 10.5 Å². The number of morpholine rings is 1.